The van der Waals surface area contributed by atoms with Gasteiger partial charge in [0.05, 0.1) is 30.5 Å². The minimum atomic E-state index is -4.43. The number of carboxylic acids is 1. The number of carboxylic acid groups (broad SMARTS) is 1. The monoisotopic (exact) mass is 1000 g/mol. The van der Waals surface area contributed by atoms with Crippen molar-refractivity contribution >= 4 is 45.1 Å². The molecule has 0 bridgehead atoms. The van der Waals surface area contributed by atoms with Gasteiger partial charge in [-0.15, -0.1) is 11.3 Å². The van der Waals surface area contributed by atoms with Crippen molar-refractivity contribution in [2.45, 2.75) is 77.3 Å². The Kier molecular flexibility index (Phi) is 16.6. The predicted molar refractivity (Wildman–Crippen MR) is 245 cm³/mol. The van der Waals surface area contributed by atoms with E-state index < -0.39 is 49.0 Å². The van der Waals surface area contributed by atoms with Crippen molar-refractivity contribution in [2.24, 2.45) is 0 Å². The van der Waals surface area contributed by atoms with Crippen LogP contribution in [-0.2, 0) is 40.3 Å². The minimum absolute atomic E-state index is 0.00222. The number of piperidine rings is 1. The fourth-order valence-electron chi connectivity index (χ4n) is 7.67. The largest absolute Gasteiger partial charge is 0.487 e. The fourth-order valence-corrected chi connectivity index (χ4v) is 9.05. The fraction of sp³-hybridized carbons (Fsp3) is 0.375. The molecule has 1 saturated heterocycles. The molecule has 0 saturated carbocycles. The van der Waals surface area contributed by atoms with Crippen molar-refractivity contribution in [3.05, 3.63) is 112 Å². The van der Waals surface area contributed by atoms with E-state index in [0.717, 1.165) is 5.56 Å². The van der Waals surface area contributed by atoms with Crippen LogP contribution < -0.4 is 19.5 Å². The van der Waals surface area contributed by atoms with E-state index in [-0.39, 0.29) is 62.2 Å². The topological polar surface area (TPSA) is 158 Å². The normalized spacial score (nSPS) is 14.4. The van der Waals surface area contributed by atoms with Crippen LogP contribution in [0.1, 0.15) is 54.1 Å². The van der Waals surface area contributed by atoms with Gasteiger partial charge in [-0.05, 0) is 71.5 Å². The number of hydrogen-bond donors (Lipinski definition) is 2. The molecule has 69 heavy (non-hydrogen) atoms. The number of rotatable bonds is 21. The summed E-state index contributed by atoms with van der Waals surface area (Å²) in [7, 11) is 0. The number of thiophene rings is 1. The number of aliphatic carboxylic acids is 1. The molecule has 6 aromatic rings. The number of nitrogens with zero attached hydrogens (tertiary/aromatic N) is 5. The number of fused-ring (bicyclic) bond motifs is 1. The molecule has 1 aliphatic heterocycles. The van der Waals surface area contributed by atoms with Crippen LogP contribution in [-0.4, -0.2) is 99.5 Å². The van der Waals surface area contributed by atoms with Crippen LogP contribution in [0, 0.1) is 12.7 Å². The van der Waals surface area contributed by atoms with Crippen LogP contribution in [0.3, 0.4) is 0 Å². The molecule has 3 aromatic carbocycles. The number of nitrogens with one attached hydrogen (secondary N) is 1. The zero-order valence-corrected chi connectivity index (χ0v) is 39.0. The Morgan fingerprint density at radius 1 is 1.00 bits per heavy atom. The summed E-state index contributed by atoms with van der Waals surface area (Å²) in [6.07, 6.45) is -5.36. The number of alkyl halides is 5. The molecule has 1 fully saturated rings. The third-order valence-corrected chi connectivity index (χ3v) is 12.8. The lowest BCUT2D eigenvalue weighted by Gasteiger charge is -2.31. The molecule has 1 atom stereocenters. The van der Waals surface area contributed by atoms with Gasteiger partial charge < -0.3 is 34.3 Å². The third-order valence-electron chi connectivity index (χ3n) is 11.2. The summed E-state index contributed by atoms with van der Waals surface area (Å²) in [5, 5.41) is 13.9. The maximum absolute atomic E-state index is 14.3. The summed E-state index contributed by atoms with van der Waals surface area (Å²) in [4.78, 5) is 45.9. The first-order valence-electron chi connectivity index (χ1n) is 21.9. The smallest absolute Gasteiger partial charge is 0.392 e. The third kappa shape index (κ3) is 13.6. The molecule has 7 rings (SSSR count). The van der Waals surface area contributed by atoms with Crippen molar-refractivity contribution in [3.63, 3.8) is 0 Å². The van der Waals surface area contributed by atoms with Gasteiger partial charge in [-0.2, -0.15) is 18.2 Å². The van der Waals surface area contributed by atoms with E-state index in [0.29, 0.717) is 86.2 Å². The van der Waals surface area contributed by atoms with Crippen molar-refractivity contribution < 1.29 is 60.0 Å². The minimum Gasteiger partial charge on any atom is -0.487 e. The number of halogens is 7. The van der Waals surface area contributed by atoms with Crippen LogP contribution in [0.15, 0.2) is 73.2 Å². The Balaban J connectivity index is 1.20. The SMILES string of the molecule is CCOC(=O)[C@H](Cc1cc(CC(=O)O)ccc1OCc1ccnc(OCCC(F)(F)F)n1)Oc1ncnc2sc(-c3ccc(F)cc3)c(-c3ccc(CNCCN4CCC(F)(F)CC4)c(Cl)c3C)c12. The van der Waals surface area contributed by atoms with E-state index in [2.05, 4.69) is 25.3 Å². The lowest BCUT2D eigenvalue weighted by atomic mass is 9.94. The Labute approximate surface area is 401 Å². The lowest BCUT2D eigenvalue weighted by Crippen LogP contribution is -2.42. The maximum atomic E-state index is 14.3. The summed E-state index contributed by atoms with van der Waals surface area (Å²) in [5.41, 5.74) is 4.37. The van der Waals surface area contributed by atoms with Crippen molar-refractivity contribution in [3.8, 4) is 39.2 Å². The number of ether oxygens (including phenoxy) is 4. The molecule has 0 unspecified atom stereocenters. The van der Waals surface area contributed by atoms with Gasteiger partial charge in [0.25, 0.3) is 5.92 Å². The van der Waals surface area contributed by atoms with Crippen LogP contribution in [0.5, 0.6) is 17.6 Å². The number of benzene rings is 3. The van der Waals surface area contributed by atoms with E-state index in [1.807, 2.05) is 24.0 Å². The van der Waals surface area contributed by atoms with Gasteiger partial charge >= 0.3 is 24.1 Å². The molecule has 4 heterocycles. The van der Waals surface area contributed by atoms with E-state index in [1.54, 1.807) is 25.1 Å². The van der Waals surface area contributed by atoms with E-state index in [4.69, 9.17) is 30.5 Å². The highest BCUT2D eigenvalue weighted by Gasteiger charge is 2.34. The first-order chi connectivity index (χ1) is 33.0. The summed E-state index contributed by atoms with van der Waals surface area (Å²) in [6.45, 7) is 4.76. The standard InChI is InChI=1S/C48H47ClF6N6O7S/c1-3-65-45(64)37(24-32-22-29(23-38(62)63)4-11-36(32)67-26-34-12-16-57-46(60-34)66-21-15-48(53,54)55)68-43-40-39(42(69-44(40)59-27-58-43)30-5-8-33(50)9-6-30)35-10-7-31(41(49)28(35)2)25-56-17-20-61-18-13-47(51,52)14-19-61/h4-12,16,22,27,37,56H,3,13-15,17-21,23-26H2,1-2H3,(H,62,63)/t37-/m0/s1. The van der Waals surface area contributed by atoms with Crippen LogP contribution in [0.2, 0.25) is 5.02 Å². The van der Waals surface area contributed by atoms with Crippen LogP contribution >= 0.6 is 22.9 Å². The second-order valence-electron chi connectivity index (χ2n) is 16.2. The predicted octanol–water partition coefficient (Wildman–Crippen LogP) is 9.83. The molecular formula is C48H47ClF6N6O7S. The molecular weight excluding hydrogens is 954 g/mol. The highest BCUT2D eigenvalue weighted by atomic mass is 35.5. The van der Waals surface area contributed by atoms with E-state index >= 15 is 0 Å². The van der Waals surface area contributed by atoms with Gasteiger partial charge in [-0.25, -0.2) is 32.9 Å². The number of likely N-dealkylation sites (tertiary alicyclic amines) is 1. The number of carbonyl (C=O) groups excluding carboxylic acids is 1. The number of carbonyl (C=O) groups is 2. The number of esters is 1. The summed E-state index contributed by atoms with van der Waals surface area (Å²) in [6, 6.07) is 15.5. The van der Waals surface area contributed by atoms with Crippen molar-refractivity contribution in [2.75, 3.05) is 39.4 Å². The number of aromatic nitrogens is 4. The molecule has 0 radical (unpaired) electrons. The highest BCUT2D eigenvalue weighted by Crippen LogP contribution is 2.49. The molecule has 0 spiro atoms. The van der Waals surface area contributed by atoms with E-state index in [9.17, 15) is 41.0 Å². The quantitative estimate of drug-likeness (QED) is 0.0399. The van der Waals surface area contributed by atoms with Gasteiger partial charge in [0.15, 0.2) is 0 Å². The lowest BCUT2D eigenvalue weighted by molar-refractivity contribution is -0.151. The van der Waals surface area contributed by atoms with Crippen LogP contribution in [0.25, 0.3) is 31.8 Å². The Hall–Kier alpha value is -6.09. The second kappa shape index (κ2) is 22.6. The van der Waals surface area contributed by atoms with E-state index in [1.165, 1.54) is 54.2 Å². The molecule has 2 N–H and O–H groups in total. The zero-order valence-electron chi connectivity index (χ0n) is 37.4. The average molecular weight is 1000 g/mol. The number of hydrogen-bond acceptors (Lipinski definition) is 13. The van der Waals surface area contributed by atoms with Gasteiger partial charge in [0.1, 0.15) is 35.9 Å². The molecule has 3 aromatic heterocycles. The Bertz CT molecular complexity index is 2750. The van der Waals surface area contributed by atoms with Gasteiger partial charge in [0.2, 0.25) is 12.0 Å². The average Bonchev–Trinajstić information content (AvgIpc) is 3.69. The molecule has 0 aliphatic carbocycles. The zero-order chi connectivity index (χ0) is 49.3. The van der Waals surface area contributed by atoms with Crippen LogP contribution in [0.4, 0.5) is 26.3 Å². The first-order valence-corrected chi connectivity index (χ1v) is 23.1. The summed E-state index contributed by atoms with van der Waals surface area (Å²) >= 11 is 8.39. The first kappa shape index (κ1) is 50.8. The van der Waals surface area contributed by atoms with Crippen molar-refractivity contribution in [1.82, 2.24) is 30.2 Å². The van der Waals surface area contributed by atoms with Crippen molar-refractivity contribution in [1.29, 1.82) is 0 Å². The molecule has 0 amide bonds. The maximum Gasteiger partial charge on any atom is 0.392 e. The Morgan fingerprint density at radius 2 is 1.77 bits per heavy atom. The molecule has 1 aliphatic rings. The summed E-state index contributed by atoms with van der Waals surface area (Å²) < 4.78 is 103. The van der Waals surface area contributed by atoms with Gasteiger partial charge in [-0.3, -0.25) is 4.79 Å². The molecule has 366 valence electrons. The highest BCUT2D eigenvalue weighted by molar-refractivity contribution is 7.22. The van der Waals surface area contributed by atoms with Gasteiger partial charge in [-0.1, -0.05) is 48.0 Å². The Morgan fingerprint density at radius 3 is 2.49 bits per heavy atom. The summed E-state index contributed by atoms with van der Waals surface area (Å²) in [5.74, 6) is -4.75. The second-order valence-corrected chi connectivity index (χ2v) is 17.5. The molecule has 21 heteroatoms. The molecule has 13 nitrogen and oxygen atoms in total. The van der Waals surface area contributed by atoms with Gasteiger partial charge in [0, 0.05) is 73.6 Å².